The van der Waals surface area contributed by atoms with Crippen molar-refractivity contribution in [3.05, 3.63) is 58.3 Å². The molecule has 1 atom stereocenters. The Morgan fingerprint density at radius 2 is 1.81 bits per heavy atom. The van der Waals surface area contributed by atoms with E-state index in [1.165, 1.54) is 24.3 Å². The summed E-state index contributed by atoms with van der Waals surface area (Å²) in [6, 6.07) is 9.59. The average Bonchev–Trinajstić information content (AvgIpc) is 2.42. The standard InChI is InChI=1S/C14H14BrFN2O2S/c1-9(10-2-4-11(16)5-3-10)18-21(19,20)12-6-7-13(15)14(17)8-12/h2-9,18H,17H2,1H3. The summed E-state index contributed by atoms with van der Waals surface area (Å²) in [7, 11) is -3.70. The van der Waals surface area contributed by atoms with Crippen LogP contribution < -0.4 is 10.5 Å². The van der Waals surface area contributed by atoms with Gasteiger partial charge in [-0.2, -0.15) is 0 Å². The van der Waals surface area contributed by atoms with E-state index in [2.05, 4.69) is 20.7 Å². The van der Waals surface area contributed by atoms with Crippen molar-refractivity contribution >= 4 is 31.6 Å². The van der Waals surface area contributed by atoms with E-state index in [9.17, 15) is 12.8 Å². The zero-order valence-electron chi connectivity index (χ0n) is 11.2. The van der Waals surface area contributed by atoms with E-state index >= 15 is 0 Å². The van der Waals surface area contributed by atoms with Gasteiger partial charge in [0.25, 0.3) is 0 Å². The molecular formula is C14H14BrFN2O2S. The lowest BCUT2D eigenvalue weighted by molar-refractivity contribution is 0.566. The van der Waals surface area contributed by atoms with Crippen LogP contribution in [0.4, 0.5) is 10.1 Å². The second kappa shape index (κ2) is 6.13. The first-order chi connectivity index (χ1) is 9.79. The Balaban J connectivity index is 2.24. The van der Waals surface area contributed by atoms with Gasteiger partial charge in [-0.15, -0.1) is 0 Å². The van der Waals surface area contributed by atoms with Gasteiger partial charge in [0, 0.05) is 16.2 Å². The summed E-state index contributed by atoms with van der Waals surface area (Å²) in [5.41, 5.74) is 6.71. The highest BCUT2D eigenvalue weighted by atomic mass is 79.9. The third kappa shape index (κ3) is 3.81. The second-order valence-electron chi connectivity index (χ2n) is 4.58. The van der Waals surface area contributed by atoms with E-state index in [1.54, 1.807) is 25.1 Å². The average molecular weight is 373 g/mol. The number of rotatable bonds is 4. The van der Waals surface area contributed by atoms with Crippen LogP contribution in [0.25, 0.3) is 0 Å². The molecule has 0 aliphatic carbocycles. The predicted molar refractivity (Wildman–Crippen MR) is 83.7 cm³/mol. The fourth-order valence-corrected chi connectivity index (χ4v) is 3.32. The summed E-state index contributed by atoms with van der Waals surface area (Å²) in [5.74, 6) is -0.366. The Kier molecular flexibility index (Phi) is 4.65. The lowest BCUT2D eigenvalue weighted by Crippen LogP contribution is -2.27. The van der Waals surface area contributed by atoms with Crippen LogP contribution in [0.1, 0.15) is 18.5 Å². The van der Waals surface area contributed by atoms with Gasteiger partial charge in [0.2, 0.25) is 10.0 Å². The maximum Gasteiger partial charge on any atom is 0.241 e. The highest BCUT2D eigenvalue weighted by Crippen LogP contribution is 2.24. The minimum Gasteiger partial charge on any atom is -0.398 e. The Labute approximate surface area is 131 Å². The molecule has 4 nitrogen and oxygen atoms in total. The molecule has 7 heteroatoms. The fraction of sp³-hybridized carbons (Fsp3) is 0.143. The first-order valence-electron chi connectivity index (χ1n) is 6.12. The molecule has 3 N–H and O–H groups in total. The molecule has 0 radical (unpaired) electrons. The van der Waals surface area contributed by atoms with Crippen LogP contribution in [0, 0.1) is 5.82 Å². The predicted octanol–water partition coefficient (Wildman–Crippen LogP) is 3.21. The van der Waals surface area contributed by atoms with Gasteiger partial charge < -0.3 is 5.73 Å². The zero-order chi connectivity index (χ0) is 15.6. The monoisotopic (exact) mass is 372 g/mol. The third-order valence-corrected chi connectivity index (χ3v) is 5.24. The molecular weight excluding hydrogens is 359 g/mol. The van der Waals surface area contributed by atoms with E-state index in [1.807, 2.05) is 0 Å². The van der Waals surface area contributed by atoms with Crippen LogP contribution in [0.15, 0.2) is 51.8 Å². The van der Waals surface area contributed by atoms with E-state index < -0.39 is 16.1 Å². The topological polar surface area (TPSA) is 72.2 Å². The van der Waals surface area contributed by atoms with Crippen LogP contribution in [-0.4, -0.2) is 8.42 Å². The minimum absolute atomic E-state index is 0.0807. The van der Waals surface area contributed by atoms with Crippen molar-refractivity contribution < 1.29 is 12.8 Å². The van der Waals surface area contributed by atoms with Crippen molar-refractivity contribution in [2.45, 2.75) is 17.9 Å². The van der Waals surface area contributed by atoms with Crippen LogP contribution in [-0.2, 0) is 10.0 Å². The van der Waals surface area contributed by atoms with Crippen LogP contribution in [0.3, 0.4) is 0 Å². The molecule has 0 spiro atoms. The van der Waals surface area contributed by atoms with Crippen LogP contribution in [0.5, 0.6) is 0 Å². The molecule has 0 saturated heterocycles. The van der Waals surface area contributed by atoms with Gasteiger partial charge in [-0.1, -0.05) is 12.1 Å². The summed E-state index contributed by atoms with van der Waals surface area (Å²) in [6.45, 7) is 1.69. The molecule has 0 aliphatic rings. The van der Waals surface area contributed by atoms with Crippen molar-refractivity contribution in [3.63, 3.8) is 0 Å². The van der Waals surface area contributed by atoms with Gasteiger partial charge in [-0.3, -0.25) is 0 Å². The first-order valence-corrected chi connectivity index (χ1v) is 8.40. The Hall–Kier alpha value is -1.44. The van der Waals surface area contributed by atoms with Gasteiger partial charge in [0.1, 0.15) is 5.82 Å². The largest absolute Gasteiger partial charge is 0.398 e. The number of sulfonamides is 1. The van der Waals surface area contributed by atoms with Gasteiger partial charge >= 0.3 is 0 Å². The van der Waals surface area contributed by atoms with Crippen molar-refractivity contribution in [2.75, 3.05) is 5.73 Å². The molecule has 1 unspecified atom stereocenters. The quantitative estimate of drug-likeness (QED) is 0.809. The van der Waals surface area contributed by atoms with Crippen molar-refractivity contribution in [1.29, 1.82) is 0 Å². The smallest absolute Gasteiger partial charge is 0.241 e. The second-order valence-corrected chi connectivity index (χ2v) is 7.15. The Morgan fingerprint density at radius 3 is 2.38 bits per heavy atom. The zero-order valence-corrected chi connectivity index (χ0v) is 13.6. The van der Waals surface area contributed by atoms with Gasteiger partial charge in [0.05, 0.1) is 4.90 Å². The summed E-state index contributed by atoms with van der Waals surface area (Å²) >= 11 is 3.21. The summed E-state index contributed by atoms with van der Waals surface area (Å²) in [6.07, 6.45) is 0. The number of nitrogens with one attached hydrogen (secondary N) is 1. The van der Waals surface area contributed by atoms with Crippen LogP contribution >= 0.6 is 15.9 Å². The first kappa shape index (κ1) is 15.9. The Morgan fingerprint density at radius 1 is 1.19 bits per heavy atom. The SMILES string of the molecule is CC(NS(=O)(=O)c1ccc(Br)c(N)c1)c1ccc(F)cc1. The summed E-state index contributed by atoms with van der Waals surface area (Å²) in [4.78, 5) is 0.0807. The molecule has 0 fully saturated rings. The molecule has 0 amide bonds. The maximum absolute atomic E-state index is 12.9. The number of nitrogens with two attached hydrogens (primary N) is 1. The molecule has 112 valence electrons. The van der Waals surface area contributed by atoms with Gasteiger partial charge in [-0.05, 0) is 58.7 Å². The number of anilines is 1. The molecule has 0 aromatic heterocycles. The van der Waals surface area contributed by atoms with Gasteiger partial charge in [-0.25, -0.2) is 17.5 Å². The number of benzene rings is 2. The van der Waals surface area contributed by atoms with Crippen LogP contribution in [0.2, 0.25) is 0 Å². The molecule has 21 heavy (non-hydrogen) atoms. The molecule has 2 rings (SSSR count). The number of halogens is 2. The Bertz CT molecular complexity index is 748. The molecule has 2 aromatic rings. The molecule has 0 bridgehead atoms. The minimum atomic E-state index is -3.70. The lowest BCUT2D eigenvalue weighted by Gasteiger charge is -2.15. The highest BCUT2D eigenvalue weighted by Gasteiger charge is 2.19. The van der Waals surface area contributed by atoms with Crippen molar-refractivity contribution in [3.8, 4) is 0 Å². The maximum atomic E-state index is 12.9. The number of nitrogen functional groups attached to an aromatic ring is 1. The molecule has 0 heterocycles. The van der Waals surface area contributed by atoms with E-state index in [-0.39, 0.29) is 10.7 Å². The summed E-state index contributed by atoms with van der Waals surface area (Å²) < 4.78 is 40.6. The number of hydrogen-bond acceptors (Lipinski definition) is 3. The lowest BCUT2D eigenvalue weighted by atomic mass is 10.1. The van der Waals surface area contributed by atoms with E-state index in [4.69, 9.17) is 5.73 Å². The molecule has 0 aliphatic heterocycles. The number of hydrogen-bond donors (Lipinski definition) is 2. The third-order valence-electron chi connectivity index (χ3n) is 2.98. The van der Waals surface area contributed by atoms with E-state index in [0.717, 1.165) is 0 Å². The highest BCUT2D eigenvalue weighted by molar-refractivity contribution is 9.10. The van der Waals surface area contributed by atoms with E-state index in [0.29, 0.717) is 15.7 Å². The normalized spacial score (nSPS) is 13.1. The fourth-order valence-electron chi connectivity index (χ4n) is 1.81. The van der Waals surface area contributed by atoms with Gasteiger partial charge in [0.15, 0.2) is 0 Å². The van der Waals surface area contributed by atoms with Crippen molar-refractivity contribution in [2.24, 2.45) is 0 Å². The van der Waals surface area contributed by atoms with Crippen molar-refractivity contribution in [1.82, 2.24) is 4.72 Å². The molecule has 0 saturated carbocycles. The summed E-state index contributed by atoms with van der Waals surface area (Å²) in [5, 5.41) is 0. The molecule has 2 aromatic carbocycles.